The summed E-state index contributed by atoms with van der Waals surface area (Å²) in [5, 5.41) is 8.84. The minimum atomic E-state index is -0.379. The first-order chi connectivity index (χ1) is 13.5. The largest absolute Gasteiger partial charge is 0.351 e. The third-order valence-electron chi connectivity index (χ3n) is 4.62. The summed E-state index contributed by atoms with van der Waals surface area (Å²) >= 11 is 1.19. The molecule has 0 fully saturated rings. The van der Waals surface area contributed by atoms with Crippen molar-refractivity contribution in [1.82, 2.24) is 10.3 Å². The number of thiazole rings is 1. The van der Waals surface area contributed by atoms with Crippen LogP contribution in [0.1, 0.15) is 53.0 Å². The van der Waals surface area contributed by atoms with E-state index in [1.54, 1.807) is 6.92 Å². The molecule has 148 valence electrons. The summed E-state index contributed by atoms with van der Waals surface area (Å²) in [6, 6.07) is 7.16. The number of carbonyl (C=O) groups is 2. The van der Waals surface area contributed by atoms with Gasteiger partial charge in [-0.2, -0.15) is 0 Å². The molecule has 0 saturated heterocycles. The third-order valence-corrected chi connectivity index (χ3v) is 5.69. The molecular weight excluding hydrogens is 372 g/mol. The molecule has 6 nitrogen and oxygen atoms in total. The molecule has 2 aromatic rings. The van der Waals surface area contributed by atoms with Crippen LogP contribution in [0.5, 0.6) is 0 Å². The number of amides is 3. The van der Waals surface area contributed by atoms with Crippen LogP contribution in [-0.4, -0.2) is 23.5 Å². The van der Waals surface area contributed by atoms with Crippen molar-refractivity contribution in [2.75, 3.05) is 17.2 Å². The molecule has 7 heteroatoms. The Hall–Kier alpha value is -2.67. The fourth-order valence-corrected chi connectivity index (χ4v) is 4.07. The molecule has 1 aromatic heterocycles. The van der Waals surface area contributed by atoms with Crippen molar-refractivity contribution in [3.8, 4) is 0 Å². The van der Waals surface area contributed by atoms with Crippen LogP contribution < -0.4 is 16.0 Å². The smallest absolute Gasteiger partial charge is 0.325 e. The first-order valence-electron chi connectivity index (χ1n) is 9.59. The van der Waals surface area contributed by atoms with Crippen molar-refractivity contribution in [3.63, 3.8) is 0 Å². The zero-order valence-electron chi connectivity index (χ0n) is 16.3. The Kier molecular flexibility index (Phi) is 6.81. The number of allylic oxidation sites excluding steroid dienone is 1. The molecule has 0 bridgehead atoms. The minimum Gasteiger partial charge on any atom is -0.351 e. The summed E-state index contributed by atoms with van der Waals surface area (Å²) in [7, 11) is 0. The Morgan fingerprint density at radius 3 is 2.79 bits per heavy atom. The van der Waals surface area contributed by atoms with Gasteiger partial charge in [0.1, 0.15) is 4.88 Å². The number of hydrogen-bond donors (Lipinski definition) is 3. The fourth-order valence-electron chi connectivity index (χ4n) is 3.19. The maximum absolute atomic E-state index is 12.4. The topological polar surface area (TPSA) is 83.1 Å². The van der Waals surface area contributed by atoms with E-state index in [4.69, 9.17) is 0 Å². The predicted molar refractivity (Wildman–Crippen MR) is 114 cm³/mol. The van der Waals surface area contributed by atoms with Crippen LogP contribution in [0, 0.1) is 13.8 Å². The Bertz CT molecular complexity index is 888. The van der Waals surface area contributed by atoms with Crippen LogP contribution in [0.3, 0.4) is 0 Å². The second-order valence-corrected chi connectivity index (χ2v) is 8.00. The van der Waals surface area contributed by atoms with Crippen LogP contribution in [0.2, 0.25) is 0 Å². The van der Waals surface area contributed by atoms with Gasteiger partial charge in [-0.25, -0.2) is 9.78 Å². The average Bonchev–Trinajstić information content (AvgIpc) is 3.02. The summed E-state index contributed by atoms with van der Waals surface area (Å²) in [4.78, 5) is 29.4. The van der Waals surface area contributed by atoms with Gasteiger partial charge in [-0.1, -0.05) is 35.1 Å². The molecule has 3 amide bonds. The molecule has 3 N–H and O–H groups in total. The van der Waals surface area contributed by atoms with Crippen LogP contribution in [0.4, 0.5) is 15.6 Å². The van der Waals surface area contributed by atoms with Crippen LogP contribution in [0.15, 0.2) is 35.9 Å². The van der Waals surface area contributed by atoms with E-state index in [1.165, 1.54) is 29.8 Å². The van der Waals surface area contributed by atoms with Gasteiger partial charge in [0.15, 0.2) is 5.13 Å². The molecular formula is C21H26N4O2S. The average molecular weight is 399 g/mol. The molecule has 3 rings (SSSR count). The molecule has 0 atom stereocenters. The highest BCUT2D eigenvalue weighted by molar-refractivity contribution is 7.17. The highest BCUT2D eigenvalue weighted by atomic mass is 32.1. The molecule has 1 aliphatic carbocycles. The van der Waals surface area contributed by atoms with Gasteiger partial charge in [0.2, 0.25) is 0 Å². The number of hydrogen-bond acceptors (Lipinski definition) is 4. The second-order valence-electron chi connectivity index (χ2n) is 7.00. The monoisotopic (exact) mass is 398 g/mol. The zero-order valence-corrected chi connectivity index (χ0v) is 17.1. The third kappa shape index (κ3) is 5.66. The lowest BCUT2D eigenvalue weighted by atomic mass is 9.97. The van der Waals surface area contributed by atoms with Crippen LogP contribution >= 0.6 is 11.3 Å². The van der Waals surface area contributed by atoms with Crippen molar-refractivity contribution >= 4 is 34.1 Å². The summed E-state index contributed by atoms with van der Waals surface area (Å²) in [6.07, 6.45) is 7.99. The first kappa shape index (κ1) is 20.1. The number of nitrogens with one attached hydrogen (secondary N) is 3. The van der Waals surface area contributed by atoms with Gasteiger partial charge in [0.25, 0.3) is 5.91 Å². The van der Waals surface area contributed by atoms with E-state index < -0.39 is 0 Å². The van der Waals surface area contributed by atoms with Crippen molar-refractivity contribution in [2.24, 2.45) is 0 Å². The van der Waals surface area contributed by atoms with Crippen LogP contribution in [-0.2, 0) is 0 Å². The fraction of sp³-hybridized carbons (Fsp3) is 0.381. The Morgan fingerprint density at radius 1 is 1.18 bits per heavy atom. The number of anilines is 2. The summed E-state index contributed by atoms with van der Waals surface area (Å²) in [6.45, 7) is 4.36. The minimum absolute atomic E-state index is 0.140. The molecule has 0 saturated carbocycles. The van der Waals surface area contributed by atoms with Gasteiger partial charge in [-0.3, -0.25) is 10.1 Å². The van der Waals surface area contributed by atoms with Gasteiger partial charge in [0, 0.05) is 12.2 Å². The number of benzene rings is 1. The van der Waals surface area contributed by atoms with Crippen molar-refractivity contribution in [3.05, 3.63) is 52.0 Å². The van der Waals surface area contributed by atoms with Gasteiger partial charge in [-0.15, -0.1) is 0 Å². The molecule has 0 radical (unpaired) electrons. The molecule has 1 aliphatic rings. The van der Waals surface area contributed by atoms with Crippen molar-refractivity contribution in [1.29, 1.82) is 0 Å². The summed E-state index contributed by atoms with van der Waals surface area (Å²) in [5.74, 6) is -0.140. The standard InChI is InChI=1S/C21H26N4O2S/c1-14-7-6-10-17(13-14)24-20(27)25-21-23-15(2)18(28-21)19(26)22-12-11-16-8-4-3-5-9-16/h6-8,10,13H,3-5,9,11-12H2,1-2H3,(H,22,26)(H2,23,24,25,27). The Balaban J connectivity index is 1.52. The molecule has 0 aliphatic heterocycles. The predicted octanol–water partition coefficient (Wildman–Crippen LogP) is 5.02. The maximum Gasteiger partial charge on any atom is 0.325 e. The maximum atomic E-state index is 12.4. The van der Waals surface area contributed by atoms with E-state index in [9.17, 15) is 9.59 Å². The van der Waals surface area contributed by atoms with Gasteiger partial charge in [-0.05, 0) is 63.6 Å². The highest BCUT2D eigenvalue weighted by Crippen LogP contribution is 2.23. The first-order valence-corrected chi connectivity index (χ1v) is 10.4. The van der Waals surface area contributed by atoms with Crippen LogP contribution in [0.25, 0.3) is 0 Å². The number of urea groups is 1. The molecule has 0 spiro atoms. The molecule has 1 heterocycles. The van der Waals surface area contributed by atoms with Gasteiger partial charge < -0.3 is 10.6 Å². The number of rotatable bonds is 6. The van der Waals surface area contributed by atoms with Crippen molar-refractivity contribution in [2.45, 2.75) is 46.0 Å². The second kappa shape index (κ2) is 9.50. The number of nitrogens with zero attached hydrogens (tertiary/aromatic N) is 1. The van der Waals surface area contributed by atoms with Crippen molar-refractivity contribution < 1.29 is 9.59 Å². The molecule has 1 aromatic carbocycles. The number of aromatic nitrogens is 1. The quantitative estimate of drug-likeness (QED) is 0.597. The highest BCUT2D eigenvalue weighted by Gasteiger charge is 2.16. The molecule has 0 unspecified atom stereocenters. The van der Waals surface area contributed by atoms with E-state index in [0.29, 0.717) is 27.9 Å². The lowest BCUT2D eigenvalue weighted by molar-refractivity contribution is 0.0957. The van der Waals surface area contributed by atoms with E-state index in [1.807, 2.05) is 31.2 Å². The van der Waals surface area contributed by atoms with Gasteiger partial charge in [0.05, 0.1) is 5.69 Å². The summed E-state index contributed by atoms with van der Waals surface area (Å²) < 4.78 is 0. The Labute approximate surface area is 169 Å². The molecule has 28 heavy (non-hydrogen) atoms. The van der Waals surface area contributed by atoms with E-state index in [0.717, 1.165) is 24.8 Å². The lowest BCUT2D eigenvalue weighted by Gasteiger charge is -2.12. The van der Waals surface area contributed by atoms with E-state index >= 15 is 0 Å². The van der Waals surface area contributed by atoms with Gasteiger partial charge >= 0.3 is 6.03 Å². The lowest BCUT2D eigenvalue weighted by Crippen LogP contribution is -2.24. The normalized spacial score (nSPS) is 13.6. The summed E-state index contributed by atoms with van der Waals surface area (Å²) in [5.41, 5.74) is 3.82. The van der Waals surface area contributed by atoms with E-state index in [2.05, 4.69) is 27.0 Å². The Morgan fingerprint density at radius 2 is 2.04 bits per heavy atom. The number of carbonyl (C=O) groups excluding carboxylic acids is 2. The number of aryl methyl sites for hydroxylation is 2. The van der Waals surface area contributed by atoms with E-state index in [-0.39, 0.29) is 11.9 Å². The zero-order chi connectivity index (χ0) is 19.9. The SMILES string of the molecule is Cc1cccc(NC(=O)Nc2nc(C)c(C(=O)NCCC3=CCCCC3)s2)c1.